The summed E-state index contributed by atoms with van der Waals surface area (Å²) < 4.78 is 0. The van der Waals surface area contributed by atoms with Gasteiger partial charge in [-0.3, -0.25) is 0 Å². The fourth-order valence-electron chi connectivity index (χ4n) is 3.53. The van der Waals surface area contributed by atoms with Gasteiger partial charge in [0.1, 0.15) is 5.75 Å². The van der Waals surface area contributed by atoms with Crippen LogP contribution in [-0.4, -0.2) is 16.3 Å². The molecule has 1 aromatic carbocycles. The maximum Gasteiger partial charge on any atom is 0.119 e. The Morgan fingerprint density at radius 1 is 1.25 bits per heavy atom. The van der Waals surface area contributed by atoms with Gasteiger partial charge in [0.05, 0.1) is 6.10 Å². The summed E-state index contributed by atoms with van der Waals surface area (Å²) in [7, 11) is 0. The van der Waals surface area contributed by atoms with Gasteiger partial charge in [0.25, 0.3) is 0 Å². The Kier molecular flexibility index (Phi) is 4.74. The minimum absolute atomic E-state index is 0.108. The molecule has 1 saturated carbocycles. The van der Waals surface area contributed by atoms with Crippen molar-refractivity contribution in [1.29, 1.82) is 0 Å². The molecule has 0 unspecified atom stereocenters. The smallest absolute Gasteiger partial charge is 0.119 e. The zero-order chi connectivity index (χ0) is 14.8. The molecule has 0 aromatic heterocycles. The Bertz CT molecular complexity index is 451. The van der Waals surface area contributed by atoms with Gasteiger partial charge in [-0.2, -0.15) is 0 Å². The van der Waals surface area contributed by atoms with Gasteiger partial charge in [0.2, 0.25) is 0 Å². The number of benzene rings is 1. The van der Waals surface area contributed by atoms with E-state index in [-0.39, 0.29) is 11.5 Å². The number of aromatic hydroxyl groups is 1. The maximum absolute atomic E-state index is 10.4. The molecule has 1 aliphatic carbocycles. The van der Waals surface area contributed by atoms with E-state index in [1.807, 2.05) is 6.07 Å². The second-order valence-corrected chi connectivity index (χ2v) is 6.92. The summed E-state index contributed by atoms with van der Waals surface area (Å²) in [5.41, 5.74) is 2.33. The van der Waals surface area contributed by atoms with Gasteiger partial charge in [-0.1, -0.05) is 45.7 Å². The Morgan fingerprint density at radius 2 is 2.00 bits per heavy atom. The van der Waals surface area contributed by atoms with Gasteiger partial charge in [-0.25, -0.2) is 0 Å². The third kappa shape index (κ3) is 3.35. The van der Waals surface area contributed by atoms with Gasteiger partial charge in [-0.05, 0) is 54.2 Å². The van der Waals surface area contributed by atoms with Crippen molar-refractivity contribution >= 4 is 0 Å². The number of hydrogen-bond donors (Lipinski definition) is 2. The minimum atomic E-state index is -0.204. The van der Waals surface area contributed by atoms with Gasteiger partial charge in [0, 0.05) is 0 Å². The van der Waals surface area contributed by atoms with Crippen molar-refractivity contribution in [1.82, 2.24) is 0 Å². The largest absolute Gasteiger partial charge is 0.508 e. The van der Waals surface area contributed by atoms with E-state index >= 15 is 0 Å². The summed E-state index contributed by atoms with van der Waals surface area (Å²) in [6.45, 7) is 6.66. The average molecular weight is 276 g/mol. The summed E-state index contributed by atoms with van der Waals surface area (Å²) in [5.74, 6) is 0.716. The van der Waals surface area contributed by atoms with Crippen molar-refractivity contribution in [2.45, 2.75) is 76.7 Å². The third-order valence-electron chi connectivity index (χ3n) is 4.77. The number of hydrogen-bond acceptors (Lipinski definition) is 2. The highest BCUT2D eigenvalue weighted by Crippen LogP contribution is 2.39. The van der Waals surface area contributed by atoms with Gasteiger partial charge >= 0.3 is 0 Å². The molecule has 112 valence electrons. The topological polar surface area (TPSA) is 40.5 Å². The van der Waals surface area contributed by atoms with Gasteiger partial charge < -0.3 is 10.2 Å². The number of rotatable bonds is 4. The normalized spacial score (nSPS) is 23.8. The molecule has 2 nitrogen and oxygen atoms in total. The van der Waals surface area contributed by atoms with Crippen LogP contribution in [0.5, 0.6) is 5.75 Å². The Balaban J connectivity index is 2.21. The fraction of sp³-hybridized carbons (Fsp3) is 0.667. The van der Waals surface area contributed by atoms with E-state index in [0.717, 1.165) is 44.1 Å². The average Bonchev–Trinajstić information content (AvgIpc) is 2.38. The third-order valence-corrected chi connectivity index (χ3v) is 4.77. The standard InChI is InChI=1S/C18H28O2/c1-4-10-18(2,3)14-8-9-16(17(20)12-14)13-6-5-7-15(19)11-13/h8-9,12-13,15,19-20H,4-7,10-11H2,1-3H3/t13-,15+/m1/s1. The predicted molar refractivity (Wildman–Crippen MR) is 83.3 cm³/mol. The maximum atomic E-state index is 10.4. The number of aliphatic hydroxyl groups is 1. The second-order valence-electron chi connectivity index (χ2n) is 6.92. The summed E-state index contributed by atoms with van der Waals surface area (Å²) in [6.07, 6.45) is 5.86. The van der Waals surface area contributed by atoms with Crippen LogP contribution in [0.15, 0.2) is 18.2 Å². The minimum Gasteiger partial charge on any atom is -0.508 e. The van der Waals surface area contributed by atoms with Crippen molar-refractivity contribution in [2.75, 3.05) is 0 Å². The molecule has 1 fully saturated rings. The lowest BCUT2D eigenvalue weighted by Gasteiger charge is -2.29. The molecule has 0 bridgehead atoms. The molecular weight excluding hydrogens is 248 g/mol. The van der Waals surface area contributed by atoms with Crippen molar-refractivity contribution in [2.24, 2.45) is 0 Å². The molecule has 0 heterocycles. The Labute approximate surface area is 122 Å². The van der Waals surface area contributed by atoms with Crippen LogP contribution in [0.1, 0.15) is 76.3 Å². The molecule has 0 radical (unpaired) electrons. The zero-order valence-electron chi connectivity index (χ0n) is 13.0. The molecule has 1 aromatic rings. The van der Waals surface area contributed by atoms with Crippen LogP contribution in [0.4, 0.5) is 0 Å². The summed E-state index contributed by atoms with van der Waals surface area (Å²) in [4.78, 5) is 0. The lowest BCUT2D eigenvalue weighted by molar-refractivity contribution is 0.119. The number of phenols is 1. The van der Waals surface area contributed by atoms with Crippen LogP contribution in [0.2, 0.25) is 0 Å². The predicted octanol–water partition coefficient (Wildman–Crippen LogP) is 4.49. The van der Waals surface area contributed by atoms with Crippen LogP contribution in [0, 0.1) is 0 Å². The molecule has 2 N–H and O–H groups in total. The van der Waals surface area contributed by atoms with Crippen molar-refractivity contribution < 1.29 is 10.2 Å². The number of aliphatic hydroxyl groups excluding tert-OH is 1. The van der Waals surface area contributed by atoms with Gasteiger partial charge in [0.15, 0.2) is 0 Å². The van der Waals surface area contributed by atoms with Crippen LogP contribution < -0.4 is 0 Å². The van der Waals surface area contributed by atoms with Crippen molar-refractivity contribution in [3.8, 4) is 5.75 Å². The molecule has 0 aliphatic heterocycles. The monoisotopic (exact) mass is 276 g/mol. The Morgan fingerprint density at radius 3 is 2.60 bits per heavy atom. The van der Waals surface area contributed by atoms with Crippen molar-refractivity contribution in [3.63, 3.8) is 0 Å². The fourth-order valence-corrected chi connectivity index (χ4v) is 3.53. The van der Waals surface area contributed by atoms with Crippen molar-refractivity contribution in [3.05, 3.63) is 29.3 Å². The first-order chi connectivity index (χ1) is 9.44. The van der Waals surface area contributed by atoms with Crippen LogP contribution in [0.3, 0.4) is 0 Å². The molecule has 0 spiro atoms. The molecule has 0 saturated heterocycles. The summed E-state index contributed by atoms with van der Waals surface area (Å²) in [5, 5.41) is 20.2. The van der Waals surface area contributed by atoms with Gasteiger partial charge in [-0.15, -0.1) is 0 Å². The van der Waals surface area contributed by atoms with Crippen LogP contribution >= 0.6 is 0 Å². The molecule has 1 aliphatic rings. The lowest BCUT2D eigenvalue weighted by Crippen LogP contribution is -2.19. The van der Waals surface area contributed by atoms with E-state index in [1.54, 1.807) is 0 Å². The molecule has 2 heteroatoms. The summed E-state index contributed by atoms with van der Waals surface area (Å²) >= 11 is 0. The molecule has 0 amide bonds. The zero-order valence-corrected chi connectivity index (χ0v) is 13.0. The number of phenolic OH excluding ortho intramolecular Hbond substituents is 1. The molecule has 2 atom stereocenters. The molecular formula is C18H28O2. The van der Waals surface area contributed by atoms with E-state index in [0.29, 0.717) is 11.7 Å². The molecule has 2 rings (SSSR count). The second kappa shape index (κ2) is 6.17. The van der Waals surface area contributed by atoms with Crippen LogP contribution in [0.25, 0.3) is 0 Å². The quantitative estimate of drug-likeness (QED) is 0.850. The lowest BCUT2D eigenvalue weighted by atomic mass is 9.78. The highest BCUT2D eigenvalue weighted by Gasteiger charge is 2.25. The highest BCUT2D eigenvalue weighted by molar-refractivity contribution is 5.41. The first kappa shape index (κ1) is 15.4. The Hall–Kier alpha value is -1.02. The van der Waals surface area contributed by atoms with E-state index in [2.05, 4.69) is 32.9 Å². The summed E-state index contributed by atoms with van der Waals surface area (Å²) in [6, 6.07) is 6.17. The highest BCUT2D eigenvalue weighted by atomic mass is 16.3. The SMILES string of the molecule is CCCC(C)(C)c1ccc([C@@H]2CCC[C@H](O)C2)c(O)c1. The first-order valence-electron chi connectivity index (χ1n) is 7.95. The first-order valence-corrected chi connectivity index (χ1v) is 7.95. The van der Waals surface area contributed by atoms with E-state index in [1.165, 1.54) is 5.56 Å². The van der Waals surface area contributed by atoms with Crippen LogP contribution in [-0.2, 0) is 5.41 Å². The van der Waals surface area contributed by atoms with E-state index in [4.69, 9.17) is 0 Å². The van der Waals surface area contributed by atoms with E-state index in [9.17, 15) is 10.2 Å². The van der Waals surface area contributed by atoms with E-state index < -0.39 is 0 Å². The molecule has 20 heavy (non-hydrogen) atoms.